The lowest BCUT2D eigenvalue weighted by atomic mass is 10.0. The van der Waals surface area contributed by atoms with Crippen molar-refractivity contribution in [1.29, 1.82) is 0 Å². The van der Waals surface area contributed by atoms with Crippen LogP contribution in [-0.4, -0.2) is 17.7 Å². The average molecular weight is 242 g/mol. The Hall–Kier alpha value is -2.29. The van der Waals surface area contributed by atoms with Gasteiger partial charge in [-0.2, -0.15) is 0 Å². The van der Waals surface area contributed by atoms with Gasteiger partial charge in [-0.3, -0.25) is 0 Å². The number of aliphatic carboxylic acids is 1. The van der Waals surface area contributed by atoms with Crippen LogP contribution >= 0.6 is 0 Å². The lowest BCUT2D eigenvalue weighted by Gasteiger charge is -2.09. The predicted molar refractivity (Wildman–Crippen MR) is 71.8 cm³/mol. The maximum atomic E-state index is 10.6. The summed E-state index contributed by atoms with van der Waals surface area (Å²) in [5, 5.41) is 10.7. The van der Waals surface area contributed by atoms with Gasteiger partial charge in [-0.25, -0.2) is 4.79 Å². The summed E-state index contributed by atoms with van der Waals surface area (Å²) in [6.45, 7) is 2.54. The summed E-state index contributed by atoms with van der Waals surface area (Å²) in [5.41, 5.74) is 0.872. The van der Waals surface area contributed by atoms with Crippen LogP contribution in [0.25, 0.3) is 16.8 Å². The highest BCUT2D eigenvalue weighted by Crippen LogP contribution is 2.29. The van der Waals surface area contributed by atoms with Crippen molar-refractivity contribution in [2.24, 2.45) is 0 Å². The number of rotatable bonds is 4. The minimum absolute atomic E-state index is 0.605. The molecule has 0 saturated heterocycles. The maximum absolute atomic E-state index is 10.6. The van der Waals surface area contributed by atoms with E-state index in [1.165, 1.54) is 0 Å². The summed E-state index contributed by atoms with van der Waals surface area (Å²) in [6.07, 6.45) is 2.74. The SMILES string of the molecule is CCOc1ccc(C=CC(=O)O)c2ccccc12. The minimum Gasteiger partial charge on any atom is -0.493 e. The second-order valence-corrected chi connectivity index (χ2v) is 3.80. The molecule has 3 heteroatoms. The zero-order chi connectivity index (χ0) is 13.0. The Labute approximate surface area is 105 Å². The van der Waals surface area contributed by atoms with Gasteiger partial charge >= 0.3 is 5.97 Å². The van der Waals surface area contributed by atoms with Gasteiger partial charge in [0.25, 0.3) is 0 Å². The van der Waals surface area contributed by atoms with Crippen molar-refractivity contribution in [1.82, 2.24) is 0 Å². The fourth-order valence-corrected chi connectivity index (χ4v) is 1.88. The van der Waals surface area contributed by atoms with E-state index in [-0.39, 0.29) is 0 Å². The first kappa shape index (κ1) is 12.2. The van der Waals surface area contributed by atoms with Gasteiger partial charge in [0.05, 0.1) is 6.61 Å². The second-order valence-electron chi connectivity index (χ2n) is 3.80. The van der Waals surface area contributed by atoms with Gasteiger partial charge in [0.15, 0.2) is 0 Å². The summed E-state index contributed by atoms with van der Waals surface area (Å²) in [7, 11) is 0. The molecule has 1 N–H and O–H groups in total. The number of ether oxygens (including phenoxy) is 1. The van der Waals surface area contributed by atoms with Crippen LogP contribution in [0.5, 0.6) is 5.75 Å². The summed E-state index contributed by atoms with van der Waals surface area (Å²) in [4.78, 5) is 10.6. The number of hydrogen-bond donors (Lipinski definition) is 1. The lowest BCUT2D eigenvalue weighted by molar-refractivity contribution is -0.131. The van der Waals surface area contributed by atoms with Crippen molar-refractivity contribution in [3.05, 3.63) is 48.0 Å². The molecule has 0 radical (unpaired) electrons. The van der Waals surface area contributed by atoms with E-state index in [1.54, 1.807) is 6.08 Å². The molecule has 92 valence electrons. The standard InChI is InChI=1S/C15H14O3/c1-2-18-14-9-7-11(8-10-15(16)17)12-5-3-4-6-13(12)14/h3-10H,2H2,1H3,(H,16,17). The zero-order valence-corrected chi connectivity index (χ0v) is 10.1. The summed E-state index contributed by atoms with van der Waals surface area (Å²) < 4.78 is 5.56. The van der Waals surface area contributed by atoms with Crippen molar-refractivity contribution in [3.8, 4) is 5.75 Å². The molecule has 0 aliphatic carbocycles. The first-order valence-corrected chi connectivity index (χ1v) is 5.78. The highest BCUT2D eigenvalue weighted by atomic mass is 16.5. The molecule has 2 rings (SSSR count). The third kappa shape index (κ3) is 2.51. The normalized spacial score (nSPS) is 10.9. The number of hydrogen-bond acceptors (Lipinski definition) is 2. The minimum atomic E-state index is -0.951. The van der Waals surface area contributed by atoms with Crippen molar-refractivity contribution in [3.63, 3.8) is 0 Å². The molecule has 0 aliphatic rings. The van der Waals surface area contributed by atoms with E-state index in [0.29, 0.717) is 6.61 Å². The van der Waals surface area contributed by atoms with Gasteiger partial charge in [-0.15, -0.1) is 0 Å². The molecule has 0 heterocycles. The monoisotopic (exact) mass is 242 g/mol. The number of carboxylic acid groups (broad SMARTS) is 1. The fraction of sp³-hybridized carbons (Fsp3) is 0.133. The van der Waals surface area contributed by atoms with E-state index < -0.39 is 5.97 Å². The number of fused-ring (bicyclic) bond motifs is 1. The molecule has 3 nitrogen and oxygen atoms in total. The molecule has 0 aromatic heterocycles. The molecule has 2 aromatic carbocycles. The maximum Gasteiger partial charge on any atom is 0.328 e. The molecule has 0 aliphatic heterocycles. The molecule has 0 amide bonds. The van der Waals surface area contributed by atoms with Crippen molar-refractivity contribution in [2.45, 2.75) is 6.92 Å². The number of benzene rings is 2. The number of carbonyl (C=O) groups is 1. The van der Waals surface area contributed by atoms with Gasteiger partial charge in [0, 0.05) is 11.5 Å². The molecule has 0 saturated carbocycles. The fourth-order valence-electron chi connectivity index (χ4n) is 1.88. The quantitative estimate of drug-likeness (QED) is 0.836. The summed E-state index contributed by atoms with van der Waals surface area (Å²) >= 11 is 0. The number of carboxylic acids is 1. The van der Waals surface area contributed by atoms with E-state index in [2.05, 4.69) is 0 Å². The molecule has 18 heavy (non-hydrogen) atoms. The molecule has 0 atom stereocenters. The van der Waals surface area contributed by atoms with Crippen LogP contribution in [0.15, 0.2) is 42.5 Å². The molecule has 0 bridgehead atoms. The van der Waals surface area contributed by atoms with Crippen LogP contribution in [0.2, 0.25) is 0 Å². The van der Waals surface area contributed by atoms with Crippen LogP contribution in [-0.2, 0) is 4.79 Å². The van der Waals surface area contributed by atoms with Crippen LogP contribution in [0, 0.1) is 0 Å². The van der Waals surface area contributed by atoms with Gasteiger partial charge in [0.1, 0.15) is 5.75 Å². The Morgan fingerprint density at radius 2 is 1.94 bits per heavy atom. The van der Waals surface area contributed by atoms with Crippen LogP contribution < -0.4 is 4.74 Å². The van der Waals surface area contributed by atoms with Crippen molar-refractivity contribution >= 4 is 22.8 Å². The third-order valence-electron chi connectivity index (χ3n) is 2.62. The summed E-state index contributed by atoms with van der Waals surface area (Å²) in [6, 6.07) is 11.5. The van der Waals surface area contributed by atoms with E-state index in [9.17, 15) is 4.79 Å². The highest BCUT2D eigenvalue weighted by Gasteiger charge is 2.04. The molecule has 0 unspecified atom stereocenters. The van der Waals surface area contributed by atoms with E-state index in [1.807, 2.05) is 43.3 Å². The van der Waals surface area contributed by atoms with Crippen LogP contribution in [0.4, 0.5) is 0 Å². The van der Waals surface area contributed by atoms with Gasteiger partial charge < -0.3 is 9.84 Å². The van der Waals surface area contributed by atoms with Gasteiger partial charge in [-0.1, -0.05) is 30.3 Å². The Morgan fingerprint density at radius 1 is 1.22 bits per heavy atom. The van der Waals surface area contributed by atoms with Crippen molar-refractivity contribution in [2.75, 3.05) is 6.61 Å². The Morgan fingerprint density at radius 3 is 2.61 bits per heavy atom. The Balaban J connectivity index is 2.57. The molecular weight excluding hydrogens is 228 g/mol. The van der Waals surface area contributed by atoms with E-state index in [4.69, 9.17) is 9.84 Å². The molecule has 0 fully saturated rings. The van der Waals surface area contributed by atoms with E-state index in [0.717, 1.165) is 28.2 Å². The molecular formula is C15H14O3. The predicted octanol–water partition coefficient (Wildman–Crippen LogP) is 3.34. The first-order chi connectivity index (χ1) is 8.72. The van der Waals surface area contributed by atoms with Gasteiger partial charge in [0.2, 0.25) is 0 Å². The van der Waals surface area contributed by atoms with Crippen LogP contribution in [0.1, 0.15) is 12.5 Å². The zero-order valence-electron chi connectivity index (χ0n) is 10.1. The Bertz CT molecular complexity index is 600. The Kier molecular flexibility index (Phi) is 3.63. The second kappa shape index (κ2) is 5.36. The highest BCUT2D eigenvalue weighted by molar-refractivity contribution is 5.97. The van der Waals surface area contributed by atoms with Crippen molar-refractivity contribution < 1.29 is 14.6 Å². The molecule has 2 aromatic rings. The topological polar surface area (TPSA) is 46.5 Å². The first-order valence-electron chi connectivity index (χ1n) is 5.78. The summed E-state index contributed by atoms with van der Waals surface area (Å²) in [5.74, 6) is -0.131. The lowest BCUT2D eigenvalue weighted by Crippen LogP contribution is -1.93. The third-order valence-corrected chi connectivity index (χ3v) is 2.62. The largest absolute Gasteiger partial charge is 0.493 e. The van der Waals surface area contributed by atoms with E-state index >= 15 is 0 Å². The smallest absolute Gasteiger partial charge is 0.328 e. The van der Waals surface area contributed by atoms with Gasteiger partial charge in [-0.05, 0) is 30.0 Å². The van der Waals surface area contributed by atoms with Crippen LogP contribution in [0.3, 0.4) is 0 Å². The average Bonchev–Trinajstić information content (AvgIpc) is 2.38. The molecule has 0 spiro atoms.